The van der Waals surface area contributed by atoms with E-state index in [9.17, 15) is 9.59 Å². The third kappa shape index (κ3) is 5.10. The maximum Gasteiger partial charge on any atom is 0.250 e. The van der Waals surface area contributed by atoms with Gasteiger partial charge in [-0.05, 0) is 42.7 Å². The minimum Gasteiger partial charge on any atom is -0.341 e. The maximum absolute atomic E-state index is 12.7. The van der Waals surface area contributed by atoms with Crippen molar-refractivity contribution in [2.24, 2.45) is 18.7 Å². The van der Waals surface area contributed by atoms with E-state index in [0.29, 0.717) is 11.8 Å². The number of aromatic nitrogens is 1. The Balaban J connectivity index is 0.00000243. The number of hydrogen-bond donors (Lipinski definition) is 1. The molecule has 0 radical (unpaired) electrons. The number of rotatable bonds is 4. The molecule has 2 aliphatic rings. The Bertz CT molecular complexity index is 647. The molecule has 2 heterocycles. The number of amides is 1. The first-order chi connectivity index (χ1) is 12.0. The Morgan fingerprint density at radius 2 is 1.85 bits per heavy atom. The molecule has 2 fully saturated rings. The predicted octanol–water partition coefficient (Wildman–Crippen LogP) is 2.81. The van der Waals surface area contributed by atoms with Crippen LogP contribution in [0.5, 0.6) is 0 Å². The van der Waals surface area contributed by atoms with E-state index < -0.39 is 0 Å². The summed E-state index contributed by atoms with van der Waals surface area (Å²) >= 11 is 0. The number of nitrogens with two attached hydrogens (primary N) is 1. The third-order valence-electron chi connectivity index (χ3n) is 6.04. The van der Waals surface area contributed by atoms with E-state index in [0.717, 1.165) is 37.9 Å². The molecule has 6 heteroatoms. The zero-order valence-corrected chi connectivity index (χ0v) is 16.5. The molecule has 0 unspecified atom stereocenters. The SMILES string of the molecule is Cl.Cn1ccc(C2CCN(C(=O)[C@@H](N)CC3CCCCC3)CC2)cc1=O. The number of likely N-dealkylation sites (tertiary alicyclic amines) is 1. The number of pyridine rings is 1. The zero-order chi connectivity index (χ0) is 17.8. The second kappa shape index (κ2) is 9.56. The van der Waals surface area contributed by atoms with Crippen LogP contribution in [0.4, 0.5) is 0 Å². The van der Waals surface area contributed by atoms with Crippen molar-refractivity contribution in [1.82, 2.24) is 9.47 Å². The summed E-state index contributed by atoms with van der Waals surface area (Å²) in [6, 6.07) is 3.42. The summed E-state index contributed by atoms with van der Waals surface area (Å²) in [6.07, 6.45) is 10.8. The van der Waals surface area contributed by atoms with Crippen LogP contribution in [-0.2, 0) is 11.8 Å². The van der Waals surface area contributed by atoms with Crippen molar-refractivity contribution in [2.45, 2.75) is 63.3 Å². The van der Waals surface area contributed by atoms with Gasteiger partial charge in [0.15, 0.2) is 0 Å². The van der Waals surface area contributed by atoms with Crippen LogP contribution in [0, 0.1) is 5.92 Å². The molecule has 1 aromatic heterocycles. The number of hydrogen-bond acceptors (Lipinski definition) is 3. The first-order valence-electron chi connectivity index (χ1n) is 9.75. The lowest BCUT2D eigenvalue weighted by molar-refractivity contribution is -0.134. The molecule has 26 heavy (non-hydrogen) atoms. The average Bonchev–Trinajstić information content (AvgIpc) is 2.64. The molecule has 1 atom stereocenters. The van der Waals surface area contributed by atoms with Crippen molar-refractivity contribution in [2.75, 3.05) is 13.1 Å². The van der Waals surface area contributed by atoms with E-state index >= 15 is 0 Å². The van der Waals surface area contributed by atoms with Crippen molar-refractivity contribution < 1.29 is 4.79 Å². The lowest BCUT2D eigenvalue weighted by Crippen LogP contribution is -2.47. The van der Waals surface area contributed by atoms with Crippen LogP contribution in [0.3, 0.4) is 0 Å². The van der Waals surface area contributed by atoms with Gasteiger partial charge in [0.2, 0.25) is 5.91 Å². The molecule has 146 valence electrons. The molecule has 1 aromatic rings. The summed E-state index contributed by atoms with van der Waals surface area (Å²) in [5.74, 6) is 1.12. The van der Waals surface area contributed by atoms with Gasteiger partial charge >= 0.3 is 0 Å². The van der Waals surface area contributed by atoms with Crippen LogP contribution in [0.25, 0.3) is 0 Å². The molecule has 2 N–H and O–H groups in total. The number of nitrogens with zero attached hydrogens (tertiary/aromatic N) is 2. The first kappa shape index (κ1) is 21.0. The highest BCUT2D eigenvalue weighted by Gasteiger charge is 2.29. The van der Waals surface area contributed by atoms with E-state index in [1.165, 1.54) is 32.1 Å². The fourth-order valence-electron chi connectivity index (χ4n) is 4.37. The largest absolute Gasteiger partial charge is 0.341 e. The van der Waals surface area contributed by atoms with E-state index in [2.05, 4.69) is 0 Å². The smallest absolute Gasteiger partial charge is 0.250 e. The van der Waals surface area contributed by atoms with Crippen LogP contribution in [0.2, 0.25) is 0 Å². The molecule has 5 nitrogen and oxygen atoms in total. The molecule has 1 saturated carbocycles. The van der Waals surface area contributed by atoms with Gasteiger partial charge in [-0.15, -0.1) is 12.4 Å². The number of carbonyl (C=O) groups excluding carboxylic acids is 1. The summed E-state index contributed by atoms with van der Waals surface area (Å²) in [4.78, 5) is 26.4. The molecule has 0 bridgehead atoms. The molecule has 1 amide bonds. The molecular weight excluding hydrogens is 350 g/mol. The second-order valence-electron chi connectivity index (χ2n) is 7.86. The molecule has 0 aromatic carbocycles. The second-order valence-corrected chi connectivity index (χ2v) is 7.86. The van der Waals surface area contributed by atoms with Gasteiger partial charge in [-0.2, -0.15) is 0 Å². The zero-order valence-electron chi connectivity index (χ0n) is 15.7. The topological polar surface area (TPSA) is 68.3 Å². The Kier molecular flexibility index (Phi) is 7.71. The average molecular weight is 382 g/mol. The lowest BCUT2D eigenvalue weighted by Gasteiger charge is -2.34. The highest BCUT2D eigenvalue weighted by atomic mass is 35.5. The van der Waals surface area contributed by atoms with E-state index in [1.54, 1.807) is 17.7 Å². The van der Waals surface area contributed by atoms with Crippen molar-refractivity contribution in [3.8, 4) is 0 Å². The summed E-state index contributed by atoms with van der Waals surface area (Å²) in [5, 5.41) is 0. The highest BCUT2D eigenvalue weighted by molar-refractivity contribution is 5.85. The fraction of sp³-hybridized carbons (Fsp3) is 0.700. The third-order valence-corrected chi connectivity index (χ3v) is 6.04. The molecular formula is C20H32ClN3O2. The highest BCUT2D eigenvalue weighted by Crippen LogP contribution is 2.29. The van der Waals surface area contributed by atoms with Gasteiger partial charge in [-0.3, -0.25) is 9.59 Å². The number of piperidine rings is 1. The van der Waals surface area contributed by atoms with Gasteiger partial charge < -0.3 is 15.2 Å². The van der Waals surface area contributed by atoms with Crippen LogP contribution >= 0.6 is 12.4 Å². The Labute approximate surface area is 162 Å². The van der Waals surface area contributed by atoms with Gasteiger partial charge in [-0.25, -0.2) is 0 Å². The van der Waals surface area contributed by atoms with Crippen LogP contribution in [0.1, 0.15) is 62.8 Å². The number of halogens is 1. The standard InChI is InChI=1S/C20H31N3O2.ClH/c1-22-10-7-17(14-19(22)24)16-8-11-23(12-9-16)20(25)18(21)13-15-5-3-2-4-6-15;/h7,10,14-16,18H,2-6,8-9,11-13,21H2,1H3;1H/t18-;/m0./s1. The molecule has 1 aliphatic carbocycles. The summed E-state index contributed by atoms with van der Waals surface area (Å²) in [6.45, 7) is 1.49. The maximum atomic E-state index is 12.7. The Morgan fingerprint density at radius 1 is 1.19 bits per heavy atom. The van der Waals surface area contributed by atoms with Gasteiger partial charge in [0.1, 0.15) is 0 Å². The van der Waals surface area contributed by atoms with Crippen LogP contribution in [-0.4, -0.2) is 34.5 Å². The summed E-state index contributed by atoms with van der Waals surface area (Å²) in [7, 11) is 1.76. The number of aryl methyl sites for hydroxylation is 1. The molecule has 1 aliphatic heterocycles. The monoisotopic (exact) mass is 381 g/mol. The van der Waals surface area contributed by atoms with Gasteiger partial charge in [0.25, 0.3) is 5.56 Å². The molecule has 0 spiro atoms. The molecule has 3 rings (SSSR count). The van der Waals surface area contributed by atoms with Crippen molar-refractivity contribution in [3.05, 3.63) is 34.2 Å². The minimum absolute atomic E-state index is 0. The van der Waals surface area contributed by atoms with Crippen LogP contribution < -0.4 is 11.3 Å². The lowest BCUT2D eigenvalue weighted by atomic mass is 9.84. The summed E-state index contributed by atoms with van der Waals surface area (Å²) < 4.78 is 1.59. The van der Waals surface area contributed by atoms with Crippen LogP contribution in [0.15, 0.2) is 23.1 Å². The van der Waals surface area contributed by atoms with Gasteiger partial charge in [0, 0.05) is 32.4 Å². The Morgan fingerprint density at radius 3 is 2.46 bits per heavy atom. The van der Waals surface area contributed by atoms with E-state index in [-0.39, 0.29) is 29.9 Å². The Hall–Kier alpha value is -1.33. The van der Waals surface area contributed by atoms with Crippen molar-refractivity contribution >= 4 is 18.3 Å². The number of carbonyl (C=O) groups is 1. The van der Waals surface area contributed by atoms with Crippen molar-refractivity contribution in [1.29, 1.82) is 0 Å². The fourth-order valence-corrected chi connectivity index (χ4v) is 4.37. The predicted molar refractivity (Wildman–Crippen MR) is 107 cm³/mol. The normalized spacial score (nSPS) is 20.5. The van der Waals surface area contributed by atoms with E-state index in [1.807, 2.05) is 17.2 Å². The van der Waals surface area contributed by atoms with Gasteiger partial charge in [-0.1, -0.05) is 32.1 Å². The van der Waals surface area contributed by atoms with Gasteiger partial charge in [0.05, 0.1) is 6.04 Å². The minimum atomic E-state index is -0.344. The van der Waals surface area contributed by atoms with Crippen molar-refractivity contribution in [3.63, 3.8) is 0 Å². The quantitative estimate of drug-likeness (QED) is 0.871. The van der Waals surface area contributed by atoms with E-state index in [4.69, 9.17) is 5.73 Å². The first-order valence-corrected chi connectivity index (χ1v) is 9.75. The summed E-state index contributed by atoms with van der Waals surface area (Å²) in [5.41, 5.74) is 7.36. The molecule has 1 saturated heterocycles.